The molecule has 5 nitrogen and oxygen atoms in total. The maximum atomic E-state index is 12.4. The fraction of sp³-hybridized carbons (Fsp3) is 0.444. The number of aryl methyl sites for hydroxylation is 1. The first-order chi connectivity index (χ1) is 11.7. The van der Waals surface area contributed by atoms with Gasteiger partial charge in [0.2, 0.25) is 5.91 Å². The zero-order valence-electron chi connectivity index (χ0n) is 13.8. The van der Waals surface area contributed by atoms with E-state index in [1.54, 1.807) is 4.57 Å². The molecule has 2 aromatic rings. The van der Waals surface area contributed by atoms with E-state index in [0.29, 0.717) is 6.54 Å². The van der Waals surface area contributed by atoms with Crippen molar-refractivity contribution in [1.29, 1.82) is 0 Å². The Morgan fingerprint density at radius 3 is 2.83 bits per heavy atom. The minimum absolute atomic E-state index is 0.0479. The molecule has 6 heteroatoms. The fourth-order valence-electron chi connectivity index (χ4n) is 2.98. The molecule has 128 valence electrons. The van der Waals surface area contributed by atoms with Crippen LogP contribution in [0.25, 0.3) is 11.3 Å². The first kappa shape index (κ1) is 16.9. The maximum absolute atomic E-state index is 12.4. The third-order valence-corrected chi connectivity index (χ3v) is 5.31. The highest BCUT2D eigenvalue weighted by Gasteiger charge is 2.19. The van der Waals surface area contributed by atoms with Crippen LogP contribution < -0.4 is 10.2 Å². The van der Waals surface area contributed by atoms with E-state index in [1.807, 2.05) is 37.3 Å². The summed E-state index contributed by atoms with van der Waals surface area (Å²) in [5.74, 6) is -0.148. The smallest absolute Gasteiger partial charge is 0.308 e. The van der Waals surface area contributed by atoms with Crippen LogP contribution in [0.1, 0.15) is 24.6 Å². The third kappa shape index (κ3) is 3.76. The second-order valence-electron chi connectivity index (χ2n) is 5.88. The molecule has 0 saturated carbocycles. The number of aromatic nitrogens is 1. The standard InChI is InChI=1S/C18H22N2O3S/c1-2-15-17(13-7-4-3-5-8-13)20(18(22)24-15)12-16(21)19-11-14-9-6-10-23-14/h3-5,7-8,14H,2,6,9-12H2,1H3,(H,19,21)/t14-/m1/s1. The molecule has 1 saturated heterocycles. The molecule has 1 atom stereocenters. The Morgan fingerprint density at radius 2 is 2.17 bits per heavy atom. The van der Waals surface area contributed by atoms with Gasteiger partial charge in [0.05, 0.1) is 11.8 Å². The van der Waals surface area contributed by atoms with Crippen molar-refractivity contribution in [2.45, 2.75) is 38.8 Å². The number of nitrogens with one attached hydrogen (secondary N) is 1. The van der Waals surface area contributed by atoms with Crippen LogP contribution >= 0.6 is 11.3 Å². The molecular formula is C18H22N2O3S. The topological polar surface area (TPSA) is 60.3 Å². The van der Waals surface area contributed by atoms with Crippen molar-refractivity contribution in [3.63, 3.8) is 0 Å². The molecule has 1 aliphatic rings. The van der Waals surface area contributed by atoms with Crippen molar-refractivity contribution in [1.82, 2.24) is 9.88 Å². The van der Waals surface area contributed by atoms with E-state index in [4.69, 9.17) is 4.74 Å². The zero-order chi connectivity index (χ0) is 16.9. The van der Waals surface area contributed by atoms with Gasteiger partial charge in [0.25, 0.3) is 0 Å². The number of nitrogens with zero attached hydrogens (tertiary/aromatic N) is 1. The van der Waals surface area contributed by atoms with Gasteiger partial charge in [-0.2, -0.15) is 0 Å². The van der Waals surface area contributed by atoms with Gasteiger partial charge in [0.1, 0.15) is 6.54 Å². The lowest BCUT2D eigenvalue weighted by Crippen LogP contribution is -2.35. The molecule has 1 N–H and O–H groups in total. The summed E-state index contributed by atoms with van der Waals surface area (Å²) in [5, 5.41) is 2.89. The molecule has 1 aliphatic heterocycles. The van der Waals surface area contributed by atoms with Gasteiger partial charge >= 0.3 is 4.87 Å². The molecule has 0 unspecified atom stereocenters. The summed E-state index contributed by atoms with van der Waals surface area (Å²) in [5.41, 5.74) is 1.83. The van der Waals surface area contributed by atoms with E-state index >= 15 is 0 Å². The summed E-state index contributed by atoms with van der Waals surface area (Å²) in [6, 6.07) is 9.78. The number of hydrogen-bond acceptors (Lipinski definition) is 4. The molecule has 24 heavy (non-hydrogen) atoms. The minimum atomic E-state index is -0.148. The summed E-state index contributed by atoms with van der Waals surface area (Å²) in [7, 11) is 0. The van der Waals surface area contributed by atoms with Gasteiger partial charge in [-0.15, -0.1) is 0 Å². The Bertz CT molecular complexity index is 745. The molecule has 0 radical (unpaired) electrons. The van der Waals surface area contributed by atoms with Crippen LogP contribution in [0.5, 0.6) is 0 Å². The number of ether oxygens (including phenoxy) is 1. The van der Waals surface area contributed by atoms with Crippen molar-refractivity contribution in [2.75, 3.05) is 13.2 Å². The quantitative estimate of drug-likeness (QED) is 0.874. The highest BCUT2D eigenvalue weighted by molar-refractivity contribution is 7.09. The van der Waals surface area contributed by atoms with E-state index in [1.165, 1.54) is 11.3 Å². The van der Waals surface area contributed by atoms with E-state index < -0.39 is 0 Å². The lowest BCUT2D eigenvalue weighted by atomic mass is 10.1. The predicted octanol–water partition coefficient (Wildman–Crippen LogP) is 2.43. The van der Waals surface area contributed by atoms with E-state index in [0.717, 1.165) is 42.0 Å². The van der Waals surface area contributed by atoms with Crippen LogP contribution in [0, 0.1) is 0 Å². The maximum Gasteiger partial charge on any atom is 0.308 e. The molecular weight excluding hydrogens is 324 g/mol. The van der Waals surface area contributed by atoms with Crippen LogP contribution in [0.15, 0.2) is 35.1 Å². The second kappa shape index (κ2) is 7.77. The number of rotatable bonds is 6. The number of thiazole rings is 1. The summed E-state index contributed by atoms with van der Waals surface area (Å²) in [6.07, 6.45) is 2.90. The van der Waals surface area contributed by atoms with Gasteiger partial charge in [-0.1, -0.05) is 48.6 Å². The van der Waals surface area contributed by atoms with Crippen molar-refractivity contribution in [3.8, 4) is 11.3 Å². The monoisotopic (exact) mass is 346 g/mol. The van der Waals surface area contributed by atoms with Crippen molar-refractivity contribution in [2.24, 2.45) is 0 Å². The number of carbonyl (C=O) groups is 1. The van der Waals surface area contributed by atoms with Crippen LogP contribution in [0.4, 0.5) is 0 Å². The summed E-state index contributed by atoms with van der Waals surface area (Å²) in [4.78, 5) is 25.6. The largest absolute Gasteiger partial charge is 0.376 e. The SMILES string of the molecule is CCc1sc(=O)n(CC(=O)NC[C@H]2CCCO2)c1-c1ccccc1. The van der Waals surface area contributed by atoms with Gasteiger partial charge in [0.15, 0.2) is 0 Å². The molecule has 3 rings (SSSR count). The van der Waals surface area contributed by atoms with Gasteiger partial charge in [-0.05, 0) is 24.8 Å². The lowest BCUT2D eigenvalue weighted by molar-refractivity contribution is -0.122. The lowest BCUT2D eigenvalue weighted by Gasteiger charge is -2.13. The summed E-state index contributed by atoms with van der Waals surface area (Å²) < 4.78 is 7.10. The van der Waals surface area contributed by atoms with Gasteiger partial charge in [-0.25, -0.2) is 0 Å². The Labute approximate surface area is 145 Å². The van der Waals surface area contributed by atoms with Gasteiger partial charge in [-0.3, -0.25) is 14.2 Å². The van der Waals surface area contributed by atoms with E-state index in [-0.39, 0.29) is 23.4 Å². The molecule has 0 spiro atoms. The second-order valence-corrected chi connectivity index (χ2v) is 6.93. The molecule has 1 aromatic heterocycles. The van der Waals surface area contributed by atoms with Gasteiger partial charge in [0, 0.05) is 18.0 Å². The van der Waals surface area contributed by atoms with Crippen LogP contribution in [0.2, 0.25) is 0 Å². The predicted molar refractivity (Wildman–Crippen MR) is 95.4 cm³/mol. The Morgan fingerprint density at radius 1 is 1.38 bits per heavy atom. The normalized spacial score (nSPS) is 17.1. The Balaban J connectivity index is 1.78. The number of amides is 1. The van der Waals surface area contributed by atoms with E-state index in [2.05, 4.69) is 5.32 Å². The van der Waals surface area contributed by atoms with Crippen LogP contribution in [-0.4, -0.2) is 29.7 Å². The van der Waals surface area contributed by atoms with E-state index in [9.17, 15) is 9.59 Å². The Kier molecular flexibility index (Phi) is 5.48. The van der Waals surface area contributed by atoms with Crippen LogP contribution in [-0.2, 0) is 22.5 Å². The average molecular weight is 346 g/mol. The van der Waals surface area contributed by atoms with Crippen molar-refractivity contribution in [3.05, 3.63) is 44.9 Å². The minimum Gasteiger partial charge on any atom is -0.376 e. The first-order valence-electron chi connectivity index (χ1n) is 8.35. The van der Waals surface area contributed by atoms with Gasteiger partial charge < -0.3 is 10.1 Å². The summed E-state index contributed by atoms with van der Waals surface area (Å²) >= 11 is 1.22. The molecule has 1 amide bonds. The highest BCUT2D eigenvalue weighted by Crippen LogP contribution is 2.26. The average Bonchev–Trinajstić information content (AvgIpc) is 3.22. The number of benzene rings is 1. The van der Waals surface area contributed by atoms with Crippen molar-refractivity contribution >= 4 is 17.2 Å². The van der Waals surface area contributed by atoms with Crippen molar-refractivity contribution < 1.29 is 9.53 Å². The molecule has 0 aliphatic carbocycles. The zero-order valence-corrected chi connectivity index (χ0v) is 14.6. The first-order valence-corrected chi connectivity index (χ1v) is 9.17. The fourth-order valence-corrected chi connectivity index (χ4v) is 3.93. The number of hydrogen-bond donors (Lipinski definition) is 1. The number of carbonyl (C=O) groups excluding carboxylic acids is 1. The molecule has 0 bridgehead atoms. The third-order valence-electron chi connectivity index (χ3n) is 4.19. The summed E-state index contributed by atoms with van der Waals surface area (Å²) in [6.45, 7) is 3.35. The van der Waals surface area contributed by atoms with Crippen LogP contribution in [0.3, 0.4) is 0 Å². The Hall–Kier alpha value is -1.92. The molecule has 2 heterocycles. The molecule has 1 fully saturated rings. The highest BCUT2D eigenvalue weighted by atomic mass is 32.1. The molecule has 1 aromatic carbocycles.